The molecule has 1 fully saturated rings. The Labute approximate surface area is 154 Å². The van der Waals surface area contributed by atoms with Crippen molar-refractivity contribution in [2.24, 2.45) is 0 Å². The lowest BCUT2D eigenvalue weighted by Gasteiger charge is -2.36. The monoisotopic (exact) mass is 349 g/mol. The average molecular weight is 349 g/mol. The van der Waals surface area contributed by atoms with Crippen molar-refractivity contribution in [3.05, 3.63) is 53.6 Å². The van der Waals surface area contributed by atoms with Crippen molar-refractivity contribution >= 4 is 17.2 Å². The molecule has 26 heavy (non-hydrogen) atoms. The Bertz CT molecular complexity index is 841. The Kier molecular flexibility index (Phi) is 5.43. The Balaban J connectivity index is 1.81. The topological polar surface area (TPSA) is 65.4 Å². The standard InChI is InChI=1S/C21H23N3O2/c1-15(25)18-10-9-16(13-22)12-19(18)23-17-6-5-11-24(14-17)20-7-3-4-8-21(20)26-2/h3-4,7-10,12,17,23H,5-6,11,14H2,1-2H3. The molecule has 0 spiro atoms. The van der Waals surface area contributed by atoms with Crippen LogP contribution in [0.4, 0.5) is 11.4 Å². The highest BCUT2D eigenvalue weighted by atomic mass is 16.5. The molecule has 134 valence electrons. The van der Waals surface area contributed by atoms with E-state index in [4.69, 9.17) is 10.00 Å². The van der Waals surface area contributed by atoms with Crippen LogP contribution in [0.3, 0.4) is 0 Å². The van der Waals surface area contributed by atoms with Crippen LogP contribution in [-0.4, -0.2) is 32.0 Å². The molecule has 1 N–H and O–H groups in total. The molecule has 5 heteroatoms. The van der Waals surface area contributed by atoms with Gasteiger partial charge in [0.15, 0.2) is 5.78 Å². The first-order chi connectivity index (χ1) is 12.6. The van der Waals surface area contributed by atoms with Crippen LogP contribution in [0.15, 0.2) is 42.5 Å². The number of benzene rings is 2. The van der Waals surface area contributed by atoms with Crippen molar-refractivity contribution in [3.8, 4) is 11.8 Å². The highest BCUT2D eigenvalue weighted by molar-refractivity contribution is 5.99. The van der Waals surface area contributed by atoms with Crippen LogP contribution in [-0.2, 0) is 0 Å². The molecule has 1 heterocycles. The number of ether oxygens (including phenoxy) is 1. The lowest BCUT2D eigenvalue weighted by atomic mass is 10.0. The Hall–Kier alpha value is -3.00. The van der Waals surface area contributed by atoms with E-state index in [-0.39, 0.29) is 11.8 Å². The second-order valence-corrected chi connectivity index (χ2v) is 6.53. The van der Waals surface area contributed by atoms with E-state index < -0.39 is 0 Å². The molecular formula is C21H23N3O2. The molecule has 1 aliphatic heterocycles. The predicted molar refractivity (Wildman–Crippen MR) is 103 cm³/mol. The number of para-hydroxylation sites is 2. The molecule has 1 saturated heterocycles. The van der Waals surface area contributed by atoms with Crippen LogP contribution in [0.5, 0.6) is 5.75 Å². The SMILES string of the molecule is COc1ccccc1N1CCCC(Nc2cc(C#N)ccc2C(C)=O)C1. The second-order valence-electron chi connectivity index (χ2n) is 6.53. The maximum atomic E-state index is 11.9. The van der Waals surface area contributed by atoms with Gasteiger partial charge in [0, 0.05) is 30.4 Å². The Morgan fingerprint density at radius 1 is 1.31 bits per heavy atom. The minimum absolute atomic E-state index is 0.00520. The number of carbonyl (C=O) groups excluding carboxylic acids is 1. The third kappa shape index (κ3) is 3.80. The zero-order valence-corrected chi connectivity index (χ0v) is 15.2. The molecule has 0 amide bonds. The zero-order chi connectivity index (χ0) is 18.5. The Morgan fingerprint density at radius 3 is 2.85 bits per heavy atom. The summed E-state index contributed by atoms with van der Waals surface area (Å²) in [5.41, 5.74) is 3.00. The molecule has 1 aliphatic rings. The fourth-order valence-corrected chi connectivity index (χ4v) is 3.46. The highest BCUT2D eigenvalue weighted by Crippen LogP contribution is 2.31. The molecular weight excluding hydrogens is 326 g/mol. The van der Waals surface area contributed by atoms with Gasteiger partial charge in [-0.05, 0) is 50.1 Å². The molecule has 0 bridgehead atoms. The molecule has 5 nitrogen and oxygen atoms in total. The number of piperidine rings is 1. The summed E-state index contributed by atoms with van der Waals surface area (Å²) in [6.07, 6.45) is 2.06. The maximum absolute atomic E-state index is 11.9. The molecule has 0 aromatic heterocycles. The second kappa shape index (κ2) is 7.92. The van der Waals surface area contributed by atoms with Gasteiger partial charge in [-0.3, -0.25) is 4.79 Å². The van der Waals surface area contributed by atoms with Crippen molar-refractivity contribution in [2.45, 2.75) is 25.8 Å². The van der Waals surface area contributed by atoms with E-state index in [2.05, 4.69) is 22.4 Å². The number of nitriles is 1. The van der Waals surface area contributed by atoms with Crippen LogP contribution >= 0.6 is 0 Å². The van der Waals surface area contributed by atoms with Crippen molar-refractivity contribution in [1.29, 1.82) is 5.26 Å². The van der Waals surface area contributed by atoms with Crippen molar-refractivity contribution in [3.63, 3.8) is 0 Å². The van der Waals surface area contributed by atoms with E-state index in [9.17, 15) is 4.79 Å². The fourth-order valence-electron chi connectivity index (χ4n) is 3.46. The lowest BCUT2D eigenvalue weighted by molar-refractivity contribution is 0.101. The van der Waals surface area contributed by atoms with Crippen molar-refractivity contribution in [1.82, 2.24) is 0 Å². The zero-order valence-electron chi connectivity index (χ0n) is 15.2. The normalized spacial score (nSPS) is 16.7. The van der Waals surface area contributed by atoms with Gasteiger partial charge in [-0.2, -0.15) is 5.26 Å². The summed E-state index contributed by atoms with van der Waals surface area (Å²) in [5, 5.41) is 12.6. The number of Topliss-reactive ketones (excluding diaryl/α,β-unsaturated/α-hetero) is 1. The molecule has 3 rings (SSSR count). The van der Waals surface area contributed by atoms with Gasteiger partial charge < -0.3 is 15.0 Å². The number of rotatable bonds is 5. The van der Waals surface area contributed by atoms with Gasteiger partial charge in [-0.1, -0.05) is 12.1 Å². The van der Waals surface area contributed by atoms with Crippen LogP contribution in [0.2, 0.25) is 0 Å². The van der Waals surface area contributed by atoms with Crippen molar-refractivity contribution < 1.29 is 9.53 Å². The van der Waals surface area contributed by atoms with E-state index in [0.29, 0.717) is 11.1 Å². The number of hydrogen-bond acceptors (Lipinski definition) is 5. The van der Waals surface area contributed by atoms with Gasteiger partial charge in [0.25, 0.3) is 0 Å². The van der Waals surface area contributed by atoms with Gasteiger partial charge in [-0.15, -0.1) is 0 Å². The molecule has 0 radical (unpaired) electrons. The minimum Gasteiger partial charge on any atom is -0.495 e. The van der Waals surface area contributed by atoms with Gasteiger partial charge in [0.1, 0.15) is 5.75 Å². The van der Waals surface area contributed by atoms with E-state index >= 15 is 0 Å². The number of methoxy groups -OCH3 is 1. The van der Waals surface area contributed by atoms with Crippen LogP contribution < -0.4 is 15.0 Å². The molecule has 1 atom stereocenters. The Morgan fingerprint density at radius 2 is 2.12 bits per heavy atom. The third-order valence-corrected chi connectivity index (χ3v) is 4.73. The summed E-state index contributed by atoms with van der Waals surface area (Å²) in [6, 6.07) is 15.5. The number of carbonyl (C=O) groups is 1. The quantitative estimate of drug-likeness (QED) is 0.831. The molecule has 2 aromatic carbocycles. The molecule has 2 aromatic rings. The summed E-state index contributed by atoms with van der Waals surface area (Å²) in [7, 11) is 1.69. The number of nitrogens with zero attached hydrogens (tertiary/aromatic N) is 2. The largest absolute Gasteiger partial charge is 0.495 e. The minimum atomic E-state index is -0.00520. The number of anilines is 2. The first kappa shape index (κ1) is 17.8. The molecule has 1 unspecified atom stereocenters. The van der Waals surface area contributed by atoms with Crippen LogP contribution in [0, 0.1) is 11.3 Å². The lowest BCUT2D eigenvalue weighted by Crippen LogP contribution is -2.42. The van der Waals surface area contributed by atoms with Gasteiger partial charge in [0.2, 0.25) is 0 Å². The predicted octanol–water partition coefficient (Wildman–Crippen LogP) is 3.85. The smallest absolute Gasteiger partial charge is 0.161 e. The van der Waals surface area contributed by atoms with Gasteiger partial charge in [-0.25, -0.2) is 0 Å². The fraction of sp³-hybridized carbons (Fsp3) is 0.333. The summed E-state index contributed by atoms with van der Waals surface area (Å²) in [4.78, 5) is 14.2. The summed E-state index contributed by atoms with van der Waals surface area (Å²) in [6.45, 7) is 3.33. The number of hydrogen-bond donors (Lipinski definition) is 1. The number of ketones is 1. The number of nitrogens with one attached hydrogen (secondary N) is 1. The van der Waals surface area contributed by atoms with E-state index in [1.165, 1.54) is 0 Å². The van der Waals surface area contributed by atoms with E-state index in [1.807, 2.05) is 18.2 Å². The summed E-state index contributed by atoms with van der Waals surface area (Å²) < 4.78 is 5.49. The third-order valence-electron chi connectivity index (χ3n) is 4.73. The summed E-state index contributed by atoms with van der Waals surface area (Å²) >= 11 is 0. The van der Waals surface area contributed by atoms with Crippen LogP contribution in [0.25, 0.3) is 0 Å². The first-order valence-corrected chi connectivity index (χ1v) is 8.82. The molecule has 0 saturated carbocycles. The average Bonchev–Trinajstić information content (AvgIpc) is 2.67. The molecule has 0 aliphatic carbocycles. The maximum Gasteiger partial charge on any atom is 0.161 e. The first-order valence-electron chi connectivity index (χ1n) is 8.82. The van der Waals surface area contributed by atoms with Crippen LogP contribution in [0.1, 0.15) is 35.7 Å². The van der Waals surface area contributed by atoms with Gasteiger partial charge in [0.05, 0.1) is 24.4 Å². The van der Waals surface area contributed by atoms with Crippen molar-refractivity contribution in [2.75, 3.05) is 30.4 Å². The van der Waals surface area contributed by atoms with Gasteiger partial charge >= 0.3 is 0 Å². The summed E-state index contributed by atoms with van der Waals surface area (Å²) in [5.74, 6) is 0.860. The highest BCUT2D eigenvalue weighted by Gasteiger charge is 2.23. The van der Waals surface area contributed by atoms with E-state index in [1.54, 1.807) is 32.2 Å². The van der Waals surface area contributed by atoms with E-state index in [0.717, 1.165) is 43.1 Å².